The summed E-state index contributed by atoms with van der Waals surface area (Å²) in [5, 5.41) is 3.06. The summed E-state index contributed by atoms with van der Waals surface area (Å²) in [6.07, 6.45) is 4.24. The molecule has 1 atom stereocenters. The van der Waals surface area contributed by atoms with Gasteiger partial charge in [0.05, 0.1) is 20.3 Å². The largest absolute Gasteiger partial charge is 0.497 e. The summed E-state index contributed by atoms with van der Waals surface area (Å²) in [7, 11) is 1.64. The van der Waals surface area contributed by atoms with Crippen molar-refractivity contribution >= 4 is 11.9 Å². The Balaban J connectivity index is 1.34. The smallest absolute Gasteiger partial charge is 0.225 e. The summed E-state index contributed by atoms with van der Waals surface area (Å²) >= 11 is 0. The summed E-state index contributed by atoms with van der Waals surface area (Å²) in [4.78, 5) is 24.1. The van der Waals surface area contributed by atoms with Crippen molar-refractivity contribution in [2.75, 3.05) is 38.3 Å². The van der Waals surface area contributed by atoms with E-state index in [0.717, 1.165) is 67.7 Å². The van der Waals surface area contributed by atoms with Crippen molar-refractivity contribution < 1.29 is 14.3 Å². The van der Waals surface area contributed by atoms with Crippen LogP contribution in [0.25, 0.3) is 0 Å². The molecule has 1 N–H and O–H groups in total. The third-order valence-corrected chi connectivity index (χ3v) is 5.43. The van der Waals surface area contributed by atoms with Gasteiger partial charge in [-0.25, -0.2) is 9.97 Å². The molecule has 28 heavy (non-hydrogen) atoms. The van der Waals surface area contributed by atoms with E-state index in [4.69, 9.17) is 14.5 Å². The third kappa shape index (κ3) is 4.25. The van der Waals surface area contributed by atoms with Crippen LogP contribution >= 0.6 is 0 Å². The highest BCUT2D eigenvalue weighted by molar-refractivity contribution is 5.79. The minimum absolute atomic E-state index is 0.0245. The van der Waals surface area contributed by atoms with E-state index in [1.54, 1.807) is 7.11 Å². The first-order valence-corrected chi connectivity index (χ1v) is 9.81. The molecule has 1 amide bonds. The number of aromatic nitrogens is 2. The highest BCUT2D eigenvalue weighted by Gasteiger charge is 2.26. The fraction of sp³-hybridized carbons (Fsp3) is 0.476. The Hall–Kier alpha value is -2.67. The van der Waals surface area contributed by atoms with Gasteiger partial charge in [-0.2, -0.15) is 0 Å². The first-order chi connectivity index (χ1) is 13.7. The molecule has 2 aliphatic rings. The lowest BCUT2D eigenvalue weighted by Gasteiger charge is -2.28. The second kappa shape index (κ2) is 8.56. The van der Waals surface area contributed by atoms with Crippen molar-refractivity contribution in [1.82, 2.24) is 15.3 Å². The Morgan fingerprint density at radius 3 is 2.82 bits per heavy atom. The molecule has 1 aromatic heterocycles. The zero-order valence-corrected chi connectivity index (χ0v) is 16.2. The van der Waals surface area contributed by atoms with Gasteiger partial charge in [-0.05, 0) is 42.5 Å². The average Bonchev–Trinajstić information content (AvgIpc) is 2.77. The molecule has 7 heteroatoms. The van der Waals surface area contributed by atoms with Gasteiger partial charge in [0, 0.05) is 37.4 Å². The lowest BCUT2D eigenvalue weighted by Crippen LogP contribution is -2.38. The molecule has 0 spiro atoms. The van der Waals surface area contributed by atoms with Crippen molar-refractivity contribution in [1.29, 1.82) is 0 Å². The number of benzene rings is 1. The maximum atomic E-state index is 12.6. The number of rotatable bonds is 5. The highest BCUT2D eigenvalue weighted by atomic mass is 16.5. The number of fused-ring (bicyclic) bond motifs is 1. The number of ether oxygens (including phenoxy) is 2. The van der Waals surface area contributed by atoms with Crippen LogP contribution in [0.3, 0.4) is 0 Å². The second-order valence-electron chi connectivity index (χ2n) is 7.25. The Kier molecular flexibility index (Phi) is 5.71. The highest BCUT2D eigenvalue weighted by Crippen LogP contribution is 2.26. The second-order valence-corrected chi connectivity index (χ2v) is 7.25. The van der Waals surface area contributed by atoms with Crippen LogP contribution in [0.1, 0.15) is 23.2 Å². The quantitative estimate of drug-likeness (QED) is 0.849. The molecular weight excluding hydrogens is 356 g/mol. The van der Waals surface area contributed by atoms with Crippen LogP contribution in [0.4, 0.5) is 5.95 Å². The van der Waals surface area contributed by atoms with Gasteiger partial charge in [-0.1, -0.05) is 12.1 Å². The number of anilines is 1. The minimum atomic E-state index is -0.0245. The van der Waals surface area contributed by atoms with E-state index in [9.17, 15) is 4.79 Å². The number of methoxy groups -OCH3 is 1. The number of hydrogen-bond acceptors (Lipinski definition) is 6. The number of carbonyl (C=O) groups excluding carboxylic acids is 1. The Labute approximate surface area is 165 Å². The zero-order valence-electron chi connectivity index (χ0n) is 16.2. The maximum absolute atomic E-state index is 12.6. The number of hydrogen-bond donors (Lipinski definition) is 1. The van der Waals surface area contributed by atoms with Gasteiger partial charge in [0.15, 0.2) is 0 Å². The minimum Gasteiger partial charge on any atom is -0.497 e. The van der Waals surface area contributed by atoms with Crippen molar-refractivity contribution in [2.45, 2.75) is 25.8 Å². The van der Waals surface area contributed by atoms with Crippen molar-refractivity contribution in [2.24, 2.45) is 5.92 Å². The van der Waals surface area contributed by atoms with Crippen LogP contribution < -0.4 is 15.0 Å². The molecule has 0 bridgehead atoms. The Morgan fingerprint density at radius 2 is 2.07 bits per heavy atom. The van der Waals surface area contributed by atoms with Gasteiger partial charge >= 0.3 is 0 Å². The fourth-order valence-electron chi connectivity index (χ4n) is 3.71. The van der Waals surface area contributed by atoms with Crippen molar-refractivity contribution in [3.8, 4) is 5.75 Å². The molecule has 2 aromatic rings. The number of morpholine rings is 1. The number of amides is 1. The average molecular weight is 382 g/mol. The summed E-state index contributed by atoms with van der Waals surface area (Å²) in [5.41, 5.74) is 3.23. The van der Waals surface area contributed by atoms with Gasteiger partial charge in [0.25, 0.3) is 0 Å². The number of carbonyl (C=O) groups is 1. The fourth-order valence-corrected chi connectivity index (χ4v) is 3.71. The van der Waals surface area contributed by atoms with Crippen molar-refractivity contribution in [3.05, 3.63) is 47.3 Å². The van der Waals surface area contributed by atoms with Gasteiger partial charge in [-0.15, -0.1) is 0 Å². The van der Waals surface area contributed by atoms with Crippen molar-refractivity contribution in [3.63, 3.8) is 0 Å². The van der Waals surface area contributed by atoms with Crippen LogP contribution in [0.15, 0.2) is 30.5 Å². The van der Waals surface area contributed by atoms with E-state index in [-0.39, 0.29) is 11.8 Å². The van der Waals surface area contributed by atoms with E-state index < -0.39 is 0 Å². The van der Waals surface area contributed by atoms with Crippen LogP contribution in [-0.2, 0) is 28.9 Å². The normalized spacial score (nSPS) is 19.0. The third-order valence-electron chi connectivity index (χ3n) is 5.43. The zero-order chi connectivity index (χ0) is 19.3. The Bertz CT molecular complexity index is 819. The van der Waals surface area contributed by atoms with E-state index in [1.807, 2.05) is 30.5 Å². The summed E-state index contributed by atoms with van der Waals surface area (Å²) in [5.74, 6) is 1.67. The molecule has 2 heterocycles. The van der Waals surface area contributed by atoms with Crippen LogP contribution in [0, 0.1) is 5.92 Å². The van der Waals surface area contributed by atoms with Gasteiger partial charge < -0.3 is 19.7 Å². The standard InChI is InChI=1S/C21H26N4O3/c1-27-18-5-2-15(3-6-18)13-22-20(26)16-4-7-19-17(12-16)14-23-21(24-19)25-8-10-28-11-9-25/h2-3,5-6,14,16H,4,7-13H2,1H3,(H,22,26)/t16-/m0/s1. The molecule has 1 fully saturated rings. The van der Waals surface area contributed by atoms with Crippen LogP contribution in [0.5, 0.6) is 5.75 Å². The Morgan fingerprint density at radius 1 is 1.29 bits per heavy atom. The monoisotopic (exact) mass is 382 g/mol. The lowest BCUT2D eigenvalue weighted by atomic mass is 9.86. The topological polar surface area (TPSA) is 76.6 Å². The van der Waals surface area contributed by atoms with Gasteiger partial charge in [-0.3, -0.25) is 4.79 Å². The molecule has 1 aliphatic carbocycles. The predicted octanol–water partition coefficient (Wildman–Crippen LogP) is 1.74. The van der Waals surface area contributed by atoms with E-state index in [0.29, 0.717) is 13.0 Å². The molecule has 148 valence electrons. The summed E-state index contributed by atoms with van der Waals surface area (Å²) < 4.78 is 10.6. The molecule has 1 aromatic carbocycles. The number of nitrogens with zero attached hydrogens (tertiary/aromatic N) is 3. The molecule has 0 saturated carbocycles. The van der Waals surface area contributed by atoms with Crippen LogP contribution in [-0.4, -0.2) is 49.3 Å². The molecular formula is C21H26N4O3. The maximum Gasteiger partial charge on any atom is 0.225 e. The van der Waals surface area contributed by atoms with E-state index in [1.165, 1.54) is 0 Å². The van der Waals surface area contributed by atoms with E-state index >= 15 is 0 Å². The lowest BCUT2D eigenvalue weighted by molar-refractivity contribution is -0.125. The first kappa shape index (κ1) is 18.7. The molecule has 4 rings (SSSR count). The van der Waals surface area contributed by atoms with E-state index in [2.05, 4.69) is 15.2 Å². The molecule has 0 radical (unpaired) electrons. The number of nitrogens with one attached hydrogen (secondary N) is 1. The van der Waals surface area contributed by atoms with Crippen LogP contribution in [0.2, 0.25) is 0 Å². The SMILES string of the molecule is COc1ccc(CNC(=O)[C@H]2CCc3nc(N4CCOCC4)ncc3C2)cc1. The predicted molar refractivity (Wildman–Crippen MR) is 105 cm³/mol. The molecule has 1 saturated heterocycles. The summed E-state index contributed by atoms with van der Waals surface area (Å²) in [6.45, 7) is 3.62. The molecule has 1 aliphatic heterocycles. The number of aryl methyl sites for hydroxylation is 1. The molecule has 0 unspecified atom stereocenters. The molecule has 7 nitrogen and oxygen atoms in total. The van der Waals surface area contributed by atoms with Gasteiger partial charge in [0.1, 0.15) is 5.75 Å². The summed E-state index contributed by atoms with van der Waals surface area (Å²) in [6, 6.07) is 7.75. The first-order valence-electron chi connectivity index (χ1n) is 9.81. The van der Waals surface area contributed by atoms with Gasteiger partial charge in [0.2, 0.25) is 11.9 Å².